The number of nitrogens with zero attached hydrogens (tertiary/aromatic N) is 4. The topological polar surface area (TPSA) is 92.3 Å². The molecule has 1 aliphatic heterocycles. The second kappa shape index (κ2) is 5.16. The van der Waals surface area contributed by atoms with Crippen LogP contribution in [0.15, 0.2) is 12.3 Å². The van der Waals surface area contributed by atoms with Gasteiger partial charge in [0.15, 0.2) is 12.3 Å². The molecule has 0 radical (unpaired) electrons. The van der Waals surface area contributed by atoms with Crippen LogP contribution in [0.3, 0.4) is 0 Å². The van der Waals surface area contributed by atoms with Crippen molar-refractivity contribution < 1.29 is 9.66 Å². The summed E-state index contributed by atoms with van der Waals surface area (Å²) in [6.07, 6.45) is 0.628. The predicted octanol–water partition coefficient (Wildman–Crippen LogP) is 1.37. The van der Waals surface area contributed by atoms with E-state index in [-0.39, 0.29) is 12.4 Å². The Kier molecular flexibility index (Phi) is 3.60. The second-order valence-electron chi connectivity index (χ2n) is 3.69. The van der Waals surface area contributed by atoms with Crippen LogP contribution < -0.4 is 4.90 Å². The summed E-state index contributed by atoms with van der Waals surface area (Å²) in [5.41, 5.74) is 0.316. The molecule has 8 heteroatoms. The average molecular weight is 269 g/mol. The van der Waals surface area contributed by atoms with E-state index in [0.717, 1.165) is 0 Å². The van der Waals surface area contributed by atoms with Crippen molar-refractivity contribution in [3.63, 3.8) is 0 Å². The van der Waals surface area contributed by atoms with Gasteiger partial charge in [-0.2, -0.15) is 5.26 Å². The largest absolute Gasteiger partial charge is 0.387 e. The zero-order valence-electron chi connectivity index (χ0n) is 9.24. The standard InChI is InChI=1S/C10H9ClN4O3/c11-7-3-9(10(13-5-7)15(16)17)14-1-2-18-8(4-12)6-14/h3,5,8H,1-2,6H2. The number of anilines is 1. The van der Waals surface area contributed by atoms with Crippen molar-refractivity contribution >= 4 is 23.1 Å². The van der Waals surface area contributed by atoms with E-state index in [1.54, 1.807) is 4.90 Å². The van der Waals surface area contributed by atoms with Gasteiger partial charge < -0.3 is 19.8 Å². The molecule has 0 saturated carbocycles. The first-order valence-electron chi connectivity index (χ1n) is 5.18. The predicted molar refractivity (Wildman–Crippen MR) is 63.5 cm³/mol. The van der Waals surface area contributed by atoms with E-state index in [9.17, 15) is 10.1 Å². The maximum atomic E-state index is 10.9. The summed E-state index contributed by atoms with van der Waals surface area (Å²) in [7, 11) is 0. The lowest BCUT2D eigenvalue weighted by Crippen LogP contribution is -2.42. The number of rotatable bonds is 2. The van der Waals surface area contributed by atoms with Crippen LogP contribution in [0.2, 0.25) is 5.02 Å². The summed E-state index contributed by atoms with van der Waals surface area (Å²) >= 11 is 5.80. The first kappa shape index (κ1) is 12.5. The molecule has 1 atom stereocenters. The molecule has 0 spiro atoms. The molecule has 0 amide bonds. The van der Waals surface area contributed by atoms with Crippen molar-refractivity contribution in [1.29, 1.82) is 5.26 Å². The number of hydrogen-bond acceptors (Lipinski definition) is 6. The van der Waals surface area contributed by atoms with Gasteiger partial charge in [-0.25, -0.2) is 0 Å². The third kappa shape index (κ3) is 2.50. The molecule has 1 aliphatic rings. The normalized spacial score (nSPS) is 19.3. The fourth-order valence-corrected chi connectivity index (χ4v) is 1.89. The van der Waals surface area contributed by atoms with Gasteiger partial charge in [-0.05, 0) is 16.0 Å². The van der Waals surface area contributed by atoms with Crippen molar-refractivity contribution in [3.05, 3.63) is 27.4 Å². The zero-order valence-corrected chi connectivity index (χ0v) is 10.0. The van der Waals surface area contributed by atoms with Crippen LogP contribution in [0.1, 0.15) is 0 Å². The number of aromatic nitrogens is 1. The molecule has 1 saturated heterocycles. The average Bonchev–Trinajstić information content (AvgIpc) is 2.38. The molecule has 0 N–H and O–H groups in total. The van der Waals surface area contributed by atoms with Gasteiger partial charge >= 0.3 is 5.82 Å². The zero-order chi connectivity index (χ0) is 13.1. The molecular formula is C10H9ClN4O3. The quantitative estimate of drug-likeness (QED) is 0.594. The van der Waals surface area contributed by atoms with Crippen LogP contribution in [-0.4, -0.2) is 35.7 Å². The number of ether oxygens (including phenoxy) is 1. The molecule has 7 nitrogen and oxygen atoms in total. The molecule has 1 unspecified atom stereocenters. The van der Waals surface area contributed by atoms with Crippen molar-refractivity contribution in [2.75, 3.05) is 24.6 Å². The van der Waals surface area contributed by atoms with Gasteiger partial charge in [0.25, 0.3) is 0 Å². The van der Waals surface area contributed by atoms with Gasteiger partial charge in [0.1, 0.15) is 5.69 Å². The molecule has 2 heterocycles. The van der Waals surface area contributed by atoms with E-state index in [1.807, 2.05) is 6.07 Å². The van der Waals surface area contributed by atoms with E-state index in [2.05, 4.69) is 4.98 Å². The van der Waals surface area contributed by atoms with Gasteiger partial charge in [0, 0.05) is 6.54 Å². The summed E-state index contributed by atoms with van der Waals surface area (Å²) in [6.45, 7) is 1.06. The van der Waals surface area contributed by atoms with Crippen molar-refractivity contribution in [1.82, 2.24) is 4.98 Å². The van der Waals surface area contributed by atoms with E-state index in [0.29, 0.717) is 23.9 Å². The van der Waals surface area contributed by atoms with Crippen molar-refractivity contribution in [3.8, 4) is 6.07 Å². The monoisotopic (exact) mass is 268 g/mol. The van der Waals surface area contributed by atoms with E-state index < -0.39 is 11.0 Å². The number of nitro groups is 1. The smallest absolute Gasteiger partial charge is 0.360 e. The Morgan fingerprint density at radius 1 is 1.72 bits per heavy atom. The minimum absolute atomic E-state index is 0.263. The van der Waals surface area contributed by atoms with Crippen LogP contribution in [0.4, 0.5) is 11.5 Å². The Hall–Kier alpha value is -1.91. The van der Waals surface area contributed by atoms with Crippen LogP contribution >= 0.6 is 11.6 Å². The number of halogens is 1. The lowest BCUT2D eigenvalue weighted by Gasteiger charge is -2.30. The number of morpholine rings is 1. The van der Waals surface area contributed by atoms with Gasteiger partial charge in [0.2, 0.25) is 0 Å². The molecule has 1 aromatic rings. The molecule has 0 bridgehead atoms. The van der Waals surface area contributed by atoms with Crippen LogP contribution in [0, 0.1) is 21.4 Å². The Balaban J connectivity index is 2.34. The minimum atomic E-state index is -0.600. The van der Waals surface area contributed by atoms with E-state index >= 15 is 0 Å². The first-order chi connectivity index (χ1) is 8.61. The summed E-state index contributed by atoms with van der Waals surface area (Å²) in [6, 6.07) is 3.46. The van der Waals surface area contributed by atoms with Crippen molar-refractivity contribution in [2.45, 2.75) is 6.10 Å². The number of hydrogen-bond donors (Lipinski definition) is 0. The second-order valence-corrected chi connectivity index (χ2v) is 4.12. The van der Waals surface area contributed by atoms with Gasteiger partial charge in [0.05, 0.1) is 24.2 Å². The van der Waals surface area contributed by atoms with Gasteiger partial charge in [-0.15, -0.1) is 0 Å². The number of nitriles is 1. The first-order valence-corrected chi connectivity index (χ1v) is 5.55. The summed E-state index contributed by atoms with van der Waals surface area (Å²) in [4.78, 5) is 15.7. The highest BCUT2D eigenvalue weighted by Gasteiger charge is 2.27. The van der Waals surface area contributed by atoms with Crippen LogP contribution in [0.5, 0.6) is 0 Å². The van der Waals surface area contributed by atoms with E-state index in [4.69, 9.17) is 21.6 Å². The third-order valence-corrected chi connectivity index (χ3v) is 2.74. The van der Waals surface area contributed by atoms with Gasteiger partial charge in [-0.3, -0.25) is 0 Å². The van der Waals surface area contributed by atoms with Crippen molar-refractivity contribution in [2.24, 2.45) is 0 Å². The summed E-state index contributed by atoms with van der Waals surface area (Å²) < 4.78 is 5.18. The summed E-state index contributed by atoms with van der Waals surface area (Å²) in [5, 5.41) is 20.0. The highest BCUT2D eigenvalue weighted by Crippen LogP contribution is 2.29. The molecule has 94 valence electrons. The lowest BCUT2D eigenvalue weighted by atomic mass is 10.2. The maximum absolute atomic E-state index is 10.9. The molecular weight excluding hydrogens is 260 g/mol. The summed E-state index contributed by atoms with van der Waals surface area (Å²) in [5.74, 6) is -0.266. The highest BCUT2D eigenvalue weighted by atomic mass is 35.5. The molecule has 1 aromatic heterocycles. The fourth-order valence-electron chi connectivity index (χ4n) is 1.74. The molecule has 1 fully saturated rings. The third-order valence-electron chi connectivity index (χ3n) is 2.54. The lowest BCUT2D eigenvalue weighted by molar-refractivity contribution is -0.388. The molecule has 18 heavy (non-hydrogen) atoms. The SMILES string of the molecule is N#CC1CN(c2cc(Cl)cnc2[N+](=O)[O-])CCO1. The Labute approximate surface area is 108 Å². The van der Waals surface area contributed by atoms with E-state index in [1.165, 1.54) is 12.3 Å². The maximum Gasteiger partial charge on any atom is 0.387 e. The Morgan fingerprint density at radius 3 is 3.17 bits per heavy atom. The van der Waals surface area contributed by atoms with Gasteiger partial charge in [-0.1, -0.05) is 11.6 Å². The fraction of sp³-hybridized carbons (Fsp3) is 0.400. The van der Waals surface area contributed by atoms with Crippen LogP contribution in [0.25, 0.3) is 0 Å². The molecule has 0 aliphatic carbocycles. The Bertz CT molecular complexity index is 516. The molecule has 0 aromatic carbocycles. The highest BCUT2D eigenvalue weighted by molar-refractivity contribution is 6.30. The van der Waals surface area contributed by atoms with Crippen LogP contribution in [-0.2, 0) is 4.74 Å². The Morgan fingerprint density at radius 2 is 2.50 bits per heavy atom. The number of pyridine rings is 1. The molecule has 2 rings (SSSR count). The minimum Gasteiger partial charge on any atom is -0.360 e.